The summed E-state index contributed by atoms with van der Waals surface area (Å²) in [6, 6.07) is 15.0. The topological polar surface area (TPSA) is 37.8 Å². The van der Waals surface area contributed by atoms with Crippen molar-refractivity contribution < 1.29 is 0 Å². The minimum Gasteiger partial charge on any atom is -0.381 e. The Morgan fingerprint density at radius 2 is 1.75 bits per heavy atom. The van der Waals surface area contributed by atoms with E-state index in [4.69, 9.17) is 0 Å². The molecule has 1 aromatic carbocycles. The van der Waals surface area contributed by atoms with E-state index < -0.39 is 0 Å². The highest BCUT2D eigenvalue weighted by Crippen LogP contribution is 2.39. The van der Waals surface area contributed by atoms with E-state index in [1.807, 2.05) is 24.7 Å². The molecule has 0 spiro atoms. The van der Waals surface area contributed by atoms with E-state index in [0.29, 0.717) is 0 Å². The molecule has 1 saturated carbocycles. The lowest BCUT2D eigenvalue weighted by atomic mass is 9.69. The van der Waals surface area contributed by atoms with Gasteiger partial charge in [0.25, 0.3) is 0 Å². The van der Waals surface area contributed by atoms with Crippen molar-refractivity contribution in [3.05, 3.63) is 66.6 Å². The number of rotatable bonds is 4. The average Bonchev–Trinajstić information content (AvgIpc) is 2.68. The fourth-order valence-electron chi connectivity index (χ4n) is 3.98. The van der Waals surface area contributed by atoms with Crippen LogP contribution in [0.25, 0.3) is 10.9 Å². The standard InChI is InChI=1S/C21H23N3/c1-3-9-18(10-4-1)21(11-5-2-6-12-21)16-24-19-15-22-14-17-8-7-13-23-20(17)19/h1,3-4,7-10,13-15,24H,2,5-6,11-12,16H2. The molecule has 24 heavy (non-hydrogen) atoms. The van der Waals surface area contributed by atoms with E-state index in [1.165, 1.54) is 37.7 Å². The maximum atomic E-state index is 4.54. The van der Waals surface area contributed by atoms with Crippen LogP contribution in [0, 0.1) is 0 Å². The largest absolute Gasteiger partial charge is 0.381 e. The Hall–Kier alpha value is -2.42. The molecular formula is C21H23N3. The van der Waals surface area contributed by atoms with Gasteiger partial charge in [-0.3, -0.25) is 9.97 Å². The summed E-state index contributed by atoms with van der Waals surface area (Å²) in [5.74, 6) is 0. The molecule has 1 N–H and O–H groups in total. The van der Waals surface area contributed by atoms with Crippen molar-refractivity contribution >= 4 is 16.6 Å². The molecule has 0 amide bonds. The van der Waals surface area contributed by atoms with Gasteiger partial charge in [-0.05, 0) is 30.5 Å². The van der Waals surface area contributed by atoms with Gasteiger partial charge in [-0.15, -0.1) is 0 Å². The van der Waals surface area contributed by atoms with Gasteiger partial charge in [0.1, 0.15) is 0 Å². The lowest BCUT2D eigenvalue weighted by Gasteiger charge is -2.38. The SMILES string of the molecule is c1ccc(C2(CNc3cncc4cccnc34)CCCCC2)cc1. The number of benzene rings is 1. The molecule has 0 aliphatic heterocycles. The highest BCUT2D eigenvalue weighted by Gasteiger charge is 2.33. The summed E-state index contributed by atoms with van der Waals surface area (Å²) < 4.78 is 0. The molecule has 0 saturated heterocycles. The minimum atomic E-state index is 0.219. The third-order valence-corrected chi connectivity index (χ3v) is 5.33. The number of pyridine rings is 2. The van der Waals surface area contributed by atoms with Crippen LogP contribution in [0.15, 0.2) is 61.1 Å². The zero-order chi connectivity index (χ0) is 16.2. The van der Waals surface area contributed by atoms with Gasteiger partial charge < -0.3 is 5.32 Å². The summed E-state index contributed by atoms with van der Waals surface area (Å²) in [7, 11) is 0. The van der Waals surface area contributed by atoms with Crippen LogP contribution in [-0.2, 0) is 5.41 Å². The van der Waals surface area contributed by atoms with Crippen molar-refractivity contribution in [3.63, 3.8) is 0 Å². The normalized spacial score (nSPS) is 16.8. The van der Waals surface area contributed by atoms with Crippen molar-refractivity contribution in [2.45, 2.75) is 37.5 Å². The summed E-state index contributed by atoms with van der Waals surface area (Å²) in [6.07, 6.45) is 12.1. The molecule has 4 rings (SSSR count). The molecule has 3 aromatic rings. The number of hydrogen-bond donors (Lipinski definition) is 1. The molecule has 3 heteroatoms. The van der Waals surface area contributed by atoms with Gasteiger partial charge in [-0.1, -0.05) is 49.6 Å². The second-order valence-electron chi connectivity index (χ2n) is 6.82. The third-order valence-electron chi connectivity index (χ3n) is 5.33. The Balaban J connectivity index is 1.64. The smallest absolute Gasteiger partial charge is 0.0964 e. The van der Waals surface area contributed by atoms with Crippen LogP contribution in [0.4, 0.5) is 5.69 Å². The number of aromatic nitrogens is 2. The second kappa shape index (κ2) is 6.60. The van der Waals surface area contributed by atoms with Gasteiger partial charge in [0.05, 0.1) is 17.4 Å². The highest BCUT2D eigenvalue weighted by molar-refractivity contribution is 5.88. The zero-order valence-electron chi connectivity index (χ0n) is 13.9. The van der Waals surface area contributed by atoms with Crippen LogP contribution >= 0.6 is 0 Å². The molecule has 0 unspecified atom stereocenters. The Morgan fingerprint density at radius 3 is 2.58 bits per heavy atom. The van der Waals surface area contributed by atoms with Crippen molar-refractivity contribution in [3.8, 4) is 0 Å². The number of nitrogens with one attached hydrogen (secondary N) is 1. The van der Waals surface area contributed by atoms with E-state index in [-0.39, 0.29) is 5.41 Å². The predicted molar refractivity (Wildman–Crippen MR) is 99.2 cm³/mol. The van der Waals surface area contributed by atoms with Crippen LogP contribution in [0.2, 0.25) is 0 Å². The van der Waals surface area contributed by atoms with Gasteiger partial charge >= 0.3 is 0 Å². The first-order chi connectivity index (χ1) is 11.9. The molecule has 0 radical (unpaired) electrons. The highest BCUT2D eigenvalue weighted by atomic mass is 14.9. The van der Waals surface area contributed by atoms with Crippen LogP contribution in [0.1, 0.15) is 37.7 Å². The summed E-state index contributed by atoms with van der Waals surface area (Å²) in [5.41, 5.74) is 3.72. The van der Waals surface area contributed by atoms with Gasteiger partial charge in [0, 0.05) is 29.7 Å². The first-order valence-electron chi connectivity index (χ1n) is 8.86. The van der Waals surface area contributed by atoms with Gasteiger partial charge in [0.2, 0.25) is 0 Å². The quantitative estimate of drug-likeness (QED) is 0.740. The van der Waals surface area contributed by atoms with Gasteiger partial charge in [-0.2, -0.15) is 0 Å². The van der Waals surface area contributed by atoms with E-state index in [9.17, 15) is 0 Å². The van der Waals surface area contributed by atoms with E-state index >= 15 is 0 Å². The van der Waals surface area contributed by atoms with E-state index in [2.05, 4.69) is 51.7 Å². The van der Waals surface area contributed by atoms with Crippen molar-refractivity contribution in [1.29, 1.82) is 0 Å². The summed E-state index contributed by atoms with van der Waals surface area (Å²) in [5, 5.41) is 4.75. The summed E-state index contributed by atoms with van der Waals surface area (Å²) >= 11 is 0. The first-order valence-corrected chi connectivity index (χ1v) is 8.86. The van der Waals surface area contributed by atoms with E-state index in [1.54, 1.807) is 0 Å². The van der Waals surface area contributed by atoms with Crippen molar-refractivity contribution in [1.82, 2.24) is 9.97 Å². The number of nitrogens with zero attached hydrogens (tertiary/aromatic N) is 2. The fourth-order valence-corrected chi connectivity index (χ4v) is 3.98. The Kier molecular flexibility index (Phi) is 4.16. The molecule has 0 atom stereocenters. The molecule has 1 aliphatic rings. The zero-order valence-corrected chi connectivity index (χ0v) is 13.9. The van der Waals surface area contributed by atoms with Crippen LogP contribution < -0.4 is 5.32 Å². The predicted octanol–water partition coefficient (Wildman–Crippen LogP) is 4.94. The number of hydrogen-bond acceptors (Lipinski definition) is 3. The minimum absolute atomic E-state index is 0.219. The molecule has 2 heterocycles. The molecule has 122 valence electrons. The molecule has 1 aliphatic carbocycles. The van der Waals surface area contributed by atoms with Crippen LogP contribution in [0.5, 0.6) is 0 Å². The Morgan fingerprint density at radius 1 is 0.917 bits per heavy atom. The van der Waals surface area contributed by atoms with E-state index in [0.717, 1.165) is 23.1 Å². The average molecular weight is 317 g/mol. The van der Waals surface area contributed by atoms with Crippen LogP contribution in [0.3, 0.4) is 0 Å². The first kappa shape index (κ1) is 15.1. The number of anilines is 1. The Bertz CT molecular complexity index is 802. The lowest BCUT2D eigenvalue weighted by molar-refractivity contribution is 0.308. The molecule has 1 fully saturated rings. The van der Waals surface area contributed by atoms with Crippen molar-refractivity contribution in [2.24, 2.45) is 0 Å². The number of fused-ring (bicyclic) bond motifs is 1. The van der Waals surface area contributed by atoms with Crippen LogP contribution in [-0.4, -0.2) is 16.5 Å². The summed E-state index contributed by atoms with van der Waals surface area (Å²) in [6.45, 7) is 0.939. The second-order valence-corrected chi connectivity index (χ2v) is 6.82. The Labute approximate surface area is 143 Å². The summed E-state index contributed by atoms with van der Waals surface area (Å²) in [4.78, 5) is 8.91. The molecule has 3 nitrogen and oxygen atoms in total. The van der Waals surface area contributed by atoms with Gasteiger partial charge in [-0.25, -0.2) is 0 Å². The maximum Gasteiger partial charge on any atom is 0.0964 e. The third kappa shape index (κ3) is 2.86. The fraction of sp³-hybridized carbons (Fsp3) is 0.333. The molecule has 2 aromatic heterocycles. The monoisotopic (exact) mass is 317 g/mol. The van der Waals surface area contributed by atoms with Crippen molar-refractivity contribution in [2.75, 3.05) is 11.9 Å². The maximum absolute atomic E-state index is 4.54. The molecule has 0 bridgehead atoms. The lowest BCUT2D eigenvalue weighted by Crippen LogP contribution is -2.36. The van der Waals surface area contributed by atoms with Gasteiger partial charge in [0.15, 0.2) is 0 Å². The molecular weight excluding hydrogens is 294 g/mol.